The van der Waals surface area contributed by atoms with Gasteiger partial charge in [0.15, 0.2) is 0 Å². The number of rotatable bonds is 2. The van der Waals surface area contributed by atoms with Crippen molar-refractivity contribution in [2.75, 3.05) is 18.0 Å². The van der Waals surface area contributed by atoms with Crippen molar-refractivity contribution >= 4 is 5.69 Å². The molecule has 2 unspecified atom stereocenters. The Labute approximate surface area is 109 Å². The van der Waals surface area contributed by atoms with Crippen molar-refractivity contribution in [1.29, 1.82) is 0 Å². The molecule has 0 spiro atoms. The number of nitrogens with zero attached hydrogens (tertiary/aromatic N) is 2. The molecule has 0 bridgehead atoms. The molecule has 98 valence electrons. The predicted molar refractivity (Wildman–Crippen MR) is 74.4 cm³/mol. The topological polar surface area (TPSA) is 42.1 Å². The number of fused-ring (bicyclic) bond motifs is 1. The largest absolute Gasteiger partial charge is 0.370 e. The molecule has 2 N–H and O–H groups in total. The zero-order chi connectivity index (χ0) is 12.4. The van der Waals surface area contributed by atoms with Crippen LogP contribution in [0.2, 0.25) is 0 Å². The minimum atomic E-state index is 0.533. The number of pyridine rings is 1. The van der Waals surface area contributed by atoms with Gasteiger partial charge in [-0.2, -0.15) is 0 Å². The third-order valence-electron chi connectivity index (χ3n) is 4.67. The quantitative estimate of drug-likeness (QED) is 0.870. The molecule has 2 aliphatic rings. The molecular formula is C15H23N3. The summed E-state index contributed by atoms with van der Waals surface area (Å²) in [4.78, 5) is 6.92. The van der Waals surface area contributed by atoms with E-state index in [9.17, 15) is 0 Å². The fraction of sp³-hybridized carbons (Fsp3) is 0.667. The van der Waals surface area contributed by atoms with E-state index in [1.165, 1.54) is 50.9 Å². The highest BCUT2D eigenvalue weighted by molar-refractivity contribution is 5.45. The molecule has 1 aromatic rings. The highest BCUT2D eigenvalue weighted by Gasteiger charge is 2.31. The van der Waals surface area contributed by atoms with Crippen LogP contribution in [0.3, 0.4) is 0 Å². The summed E-state index contributed by atoms with van der Waals surface area (Å²) in [6, 6.07) is 4.24. The number of aromatic nitrogens is 1. The van der Waals surface area contributed by atoms with Crippen LogP contribution in [0.4, 0.5) is 5.69 Å². The summed E-state index contributed by atoms with van der Waals surface area (Å²) in [5.41, 5.74) is 7.84. The number of anilines is 1. The minimum Gasteiger partial charge on any atom is -0.370 e. The van der Waals surface area contributed by atoms with Gasteiger partial charge in [0.2, 0.25) is 0 Å². The SMILES string of the molecule is NCc1ccc(N2CCC3CCCCC3C2)cn1. The van der Waals surface area contributed by atoms with Crippen LogP contribution in [0.1, 0.15) is 37.8 Å². The van der Waals surface area contributed by atoms with Gasteiger partial charge >= 0.3 is 0 Å². The van der Waals surface area contributed by atoms with Crippen molar-refractivity contribution in [2.45, 2.75) is 38.6 Å². The Bertz CT molecular complexity index is 387. The third kappa shape index (κ3) is 2.37. The summed E-state index contributed by atoms with van der Waals surface area (Å²) in [6.07, 6.45) is 9.13. The van der Waals surface area contributed by atoms with E-state index in [4.69, 9.17) is 5.73 Å². The normalized spacial score (nSPS) is 27.9. The molecule has 3 nitrogen and oxygen atoms in total. The van der Waals surface area contributed by atoms with Gasteiger partial charge in [-0.3, -0.25) is 4.98 Å². The van der Waals surface area contributed by atoms with Gasteiger partial charge < -0.3 is 10.6 Å². The number of nitrogens with two attached hydrogens (primary N) is 1. The second-order valence-electron chi connectivity index (χ2n) is 5.75. The average molecular weight is 245 g/mol. The van der Waals surface area contributed by atoms with Crippen molar-refractivity contribution in [2.24, 2.45) is 17.6 Å². The van der Waals surface area contributed by atoms with Crippen molar-refractivity contribution in [1.82, 2.24) is 4.98 Å². The van der Waals surface area contributed by atoms with Crippen LogP contribution >= 0.6 is 0 Å². The molecule has 0 radical (unpaired) electrons. The standard InChI is InChI=1S/C15H23N3/c16-9-14-5-6-15(10-17-14)18-8-7-12-3-1-2-4-13(12)11-18/h5-6,10,12-13H,1-4,7-9,11,16H2. The van der Waals surface area contributed by atoms with Crippen LogP contribution < -0.4 is 10.6 Å². The summed E-state index contributed by atoms with van der Waals surface area (Å²) in [5, 5.41) is 0. The zero-order valence-corrected chi connectivity index (χ0v) is 11.0. The van der Waals surface area contributed by atoms with Crippen molar-refractivity contribution in [3.8, 4) is 0 Å². The summed E-state index contributed by atoms with van der Waals surface area (Å²) < 4.78 is 0. The predicted octanol–water partition coefficient (Wildman–Crippen LogP) is 2.56. The van der Waals surface area contributed by atoms with Crippen LogP contribution in [0.15, 0.2) is 18.3 Å². The molecule has 2 atom stereocenters. The monoisotopic (exact) mass is 245 g/mol. The Balaban J connectivity index is 1.69. The Kier molecular flexibility index (Phi) is 3.50. The average Bonchev–Trinajstić information content (AvgIpc) is 2.47. The summed E-state index contributed by atoms with van der Waals surface area (Å²) in [5.74, 6) is 1.91. The van der Waals surface area contributed by atoms with E-state index in [0.29, 0.717) is 6.54 Å². The molecule has 18 heavy (non-hydrogen) atoms. The van der Waals surface area contributed by atoms with Gasteiger partial charge in [0, 0.05) is 19.6 Å². The third-order valence-corrected chi connectivity index (χ3v) is 4.67. The van der Waals surface area contributed by atoms with Crippen molar-refractivity contribution in [3.05, 3.63) is 24.0 Å². The van der Waals surface area contributed by atoms with Gasteiger partial charge in [0.25, 0.3) is 0 Å². The fourth-order valence-electron chi connectivity index (χ4n) is 3.56. The number of hydrogen-bond acceptors (Lipinski definition) is 3. The number of piperidine rings is 1. The first-order valence-corrected chi connectivity index (χ1v) is 7.27. The lowest BCUT2D eigenvalue weighted by Crippen LogP contribution is -2.41. The second-order valence-corrected chi connectivity index (χ2v) is 5.75. The van der Waals surface area contributed by atoms with E-state index in [0.717, 1.165) is 17.5 Å². The zero-order valence-electron chi connectivity index (χ0n) is 11.0. The molecule has 2 fully saturated rings. The van der Waals surface area contributed by atoms with E-state index in [-0.39, 0.29) is 0 Å². The molecule has 0 amide bonds. The molecule has 3 rings (SSSR count). The molecular weight excluding hydrogens is 222 g/mol. The molecule has 0 aromatic carbocycles. The van der Waals surface area contributed by atoms with Crippen LogP contribution in [0.5, 0.6) is 0 Å². The first kappa shape index (κ1) is 12.0. The van der Waals surface area contributed by atoms with E-state index >= 15 is 0 Å². The Morgan fingerprint density at radius 3 is 2.72 bits per heavy atom. The first-order chi connectivity index (χ1) is 8.86. The smallest absolute Gasteiger partial charge is 0.0553 e. The van der Waals surface area contributed by atoms with Gasteiger partial charge in [-0.15, -0.1) is 0 Å². The molecule has 1 saturated heterocycles. The van der Waals surface area contributed by atoms with Gasteiger partial charge in [-0.05, 0) is 36.8 Å². The summed E-state index contributed by atoms with van der Waals surface area (Å²) in [7, 11) is 0. The molecule has 1 aliphatic carbocycles. The van der Waals surface area contributed by atoms with Gasteiger partial charge in [-0.1, -0.05) is 19.3 Å². The first-order valence-electron chi connectivity index (χ1n) is 7.27. The summed E-state index contributed by atoms with van der Waals surface area (Å²) >= 11 is 0. The second kappa shape index (κ2) is 5.27. The maximum atomic E-state index is 5.59. The van der Waals surface area contributed by atoms with E-state index in [1.54, 1.807) is 0 Å². The van der Waals surface area contributed by atoms with Gasteiger partial charge in [0.05, 0.1) is 17.6 Å². The lowest BCUT2D eigenvalue weighted by molar-refractivity contribution is 0.202. The van der Waals surface area contributed by atoms with Crippen LogP contribution in [-0.2, 0) is 6.54 Å². The van der Waals surface area contributed by atoms with Gasteiger partial charge in [0.1, 0.15) is 0 Å². The van der Waals surface area contributed by atoms with Crippen molar-refractivity contribution < 1.29 is 0 Å². The Morgan fingerprint density at radius 2 is 2.00 bits per heavy atom. The minimum absolute atomic E-state index is 0.533. The fourth-order valence-corrected chi connectivity index (χ4v) is 3.56. The lowest BCUT2D eigenvalue weighted by Gasteiger charge is -2.42. The Hall–Kier alpha value is -1.09. The van der Waals surface area contributed by atoms with Crippen molar-refractivity contribution in [3.63, 3.8) is 0 Å². The lowest BCUT2D eigenvalue weighted by atomic mass is 9.75. The number of hydrogen-bond donors (Lipinski definition) is 1. The van der Waals surface area contributed by atoms with Crippen LogP contribution in [-0.4, -0.2) is 18.1 Å². The molecule has 1 aliphatic heterocycles. The van der Waals surface area contributed by atoms with Crippen LogP contribution in [0, 0.1) is 11.8 Å². The maximum absolute atomic E-state index is 5.59. The Morgan fingerprint density at radius 1 is 1.17 bits per heavy atom. The van der Waals surface area contributed by atoms with E-state index < -0.39 is 0 Å². The van der Waals surface area contributed by atoms with Crippen LogP contribution in [0.25, 0.3) is 0 Å². The molecule has 1 saturated carbocycles. The summed E-state index contributed by atoms with van der Waals surface area (Å²) in [6.45, 7) is 2.96. The highest BCUT2D eigenvalue weighted by atomic mass is 15.1. The highest BCUT2D eigenvalue weighted by Crippen LogP contribution is 2.37. The van der Waals surface area contributed by atoms with Gasteiger partial charge in [-0.25, -0.2) is 0 Å². The van der Waals surface area contributed by atoms with E-state index in [2.05, 4.69) is 22.0 Å². The van der Waals surface area contributed by atoms with E-state index in [1.807, 2.05) is 6.20 Å². The molecule has 2 heterocycles. The molecule has 1 aromatic heterocycles. The molecule has 3 heteroatoms. The maximum Gasteiger partial charge on any atom is 0.0553 e.